The maximum Gasteiger partial charge on any atom is 0.256 e. The number of hydrogen-bond acceptors (Lipinski definition) is 3. The van der Waals surface area contributed by atoms with Crippen LogP contribution in [0.5, 0.6) is 0 Å². The molecule has 1 amide bonds. The summed E-state index contributed by atoms with van der Waals surface area (Å²) in [6.07, 6.45) is 2.78. The highest BCUT2D eigenvalue weighted by Crippen LogP contribution is 2.28. The van der Waals surface area contributed by atoms with Crippen LogP contribution in [0.2, 0.25) is 0 Å². The summed E-state index contributed by atoms with van der Waals surface area (Å²) in [5, 5.41) is 4.96. The second-order valence-electron chi connectivity index (χ2n) is 4.81. The van der Waals surface area contributed by atoms with Gasteiger partial charge >= 0.3 is 0 Å². The number of nitrogens with two attached hydrogens (primary N) is 1. The van der Waals surface area contributed by atoms with Crippen LogP contribution in [0.4, 0.5) is 4.39 Å². The molecule has 1 aromatic rings. The zero-order chi connectivity index (χ0) is 15.1. The molecule has 0 bridgehead atoms. The van der Waals surface area contributed by atoms with E-state index in [1.54, 1.807) is 7.05 Å². The van der Waals surface area contributed by atoms with Gasteiger partial charge in [0.05, 0.1) is 5.56 Å². The first kappa shape index (κ1) is 15.4. The number of amides is 1. The van der Waals surface area contributed by atoms with Gasteiger partial charge in [-0.1, -0.05) is 15.9 Å². The molecule has 0 spiro atoms. The number of primary sulfonamides is 1. The van der Waals surface area contributed by atoms with Gasteiger partial charge in [-0.2, -0.15) is 0 Å². The van der Waals surface area contributed by atoms with Crippen molar-refractivity contribution in [2.24, 2.45) is 5.14 Å². The molecule has 0 aliphatic heterocycles. The molecule has 110 valence electrons. The van der Waals surface area contributed by atoms with Crippen molar-refractivity contribution in [3.63, 3.8) is 0 Å². The Bertz CT molecular complexity index is 659. The van der Waals surface area contributed by atoms with Crippen LogP contribution in [0, 0.1) is 5.82 Å². The van der Waals surface area contributed by atoms with Crippen molar-refractivity contribution in [3.05, 3.63) is 28.0 Å². The Morgan fingerprint density at radius 1 is 1.45 bits per heavy atom. The van der Waals surface area contributed by atoms with Crippen LogP contribution < -0.4 is 5.14 Å². The molecule has 2 N–H and O–H groups in total. The molecule has 5 nitrogen and oxygen atoms in total. The van der Waals surface area contributed by atoms with Crippen LogP contribution in [0.25, 0.3) is 0 Å². The minimum atomic E-state index is -4.23. The molecule has 1 aromatic carbocycles. The number of nitrogens with zero attached hydrogens (tertiary/aromatic N) is 1. The molecule has 20 heavy (non-hydrogen) atoms. The molecular weight excluding hydrogens is 351 g/mol. The van der Waals surface area contributed by atoms with Gasteiger partial charge in [0, 0.05) is 17.6 Å². The Kier molecular flexibility index (Phi) is 4.17. The number of rotatable bonds is 3. The van der Waals surface area contributed by atoms with Gasteiger partial charge in [-0.25, -0.2) is 17.9 Å². The predicted octanol–water partition coefficient (Wildman–Crippen LogP) is 1.86. The lowest BCUT2D eigenvalue weighted by atomic mass is 9.91. The van der Waals surface area contributed by atoms with E-state index < -0.39 is 26.6 Å². The van der Waals surface area contributed by atoms with Crippen molar-refractivity contribution in [2.75, 3.05) is 7.05 Å². The van der Waals surface area contributed by atoms with Crippen molar-refractivity contribution < 1.29 is 17.6 Å². The number of halogens is 2. The molecule has 8 heteroatoms. The van der Waals surface area contributed by atoms with E-state index in [4.69, 9.17) is 5.14 Å². The molecule has 0 atom stereocenters. The number of benzene rings is 1. The van der Waals surface area contributed by atoms with Crippen LogP contribution in [0.3, 0.4) is 0 Å². The zero-order valence-electron chi connectivity index (χ0n) is 10.8. The molecule has 0 heterocycles. The average molecular weight is 365 g/mol. The van der Waals surface area contributed by atoms with Crippen LogP contribution in [0.15, 0.2) is 21.5 Å². The van der Waals surface area contributed by atoms with Gasteiger partial charge in [0.25, 0.3) is 5.91 Å². The molecule has 1 saturated carbocycles. The van der Waals surface area contributed by atoms with Crippen molar-refractivity contribution in [3.8, 4) is 0 Å². The second-order valence-corrected chi connectivity index (χ2v) is 7.26. The van der Waals surface area contributed by atoms with Crippen LogP contribution >= 0.6 is 15.9 Å². The van der Waals surface area contributed by atoms with Gasteiger partial charge in [0.2, 0.25) is 10.0 Å². The van der Waals surface area contributed by atoms with Gasteiger partial charge in [0.15, 0.2) is 5.82 Å². The normalized spacial score (nSPS) is 15.8. The molecular formula is C12H14BrFN2O3S. The lowest BCUT2D eigenvalue weighted by molar-refractivity contribution is 0.0646. The molecule has 0 saturated heterocycles. The van der Waals surface area contributed by atoms with E-state index in [2.05, 4.69) is 15.9 Å². The fourth-order valence-corrected chi connectivity index (χ4v) is 3.32. The fraction of sp³-hybridized carbons (Fsp3) is 0.417. The topological polar surface area (TPSA) is 80.5 Å². The standard InChI is InChI=1S/C12H14BrFN2O3S/c1-16(8-3-2-4-8)12(17)9-5-7(13)6-10(11(9)14)20(15,18)19/h5-6,8H,2-4H2,1H3,(H2,15,18,19). The first-order chi connectivity index (χ1) is 9.21. The molecule has 1 aliphatic rings. The third-order valence-electron chi connectivity index (χ3n) is 3.48. The smallest absolute Gasteiger partial charge is 0.256 e. The molecule has 1 fully saturated rings. The van der Waals surface area contributed by atoms with E-state index in [0.29, 0.717) is 0 Å². The minimum absolute atomic E-state index is 0.0822. The summed E-state index contributed by atoms with van der Waals surface area (Å²) in [4.78, 5) is 13.0. The van der Waals surface area contributed by atoms with E-state index in [1.165, 1.54) is 11.0 Å². The summed E-state index contributed by atoms with van der Waals surface area (Å²) in [6.45, 7) is 0. The maximum atomic E-state index is 14.2. The monoisotopic (exact) mass is 364 g/mol. The first-order valence-electron chi connectivity index (χ1n) is 6.01. The van der Waals surface area contributed by atoms with E-state index in [9.17, 15) is 17.6 Å². The van der Waals surface area contributed by atoms with Crippen LogP contribution in [-0.4, -0.2) is 32.3 Å². The van der Waals surface area contributed by atoms with Gasteiger partial charge in [-0.05, 0) is 31.4 Å². The summed E-state index contributed by atoms with van der Waals surface area (Å²) in [5.41, 5.74) is -0.294. The van der Waals surface area contributed by atoms with Crippen molar-refractivity contribution in [1.29, 1.82) is 0 Å². The highest BCUT2D eigenvalue weighted by atomic mass is 79.9. The van der Waals surface area contributed by atoms with Gasteiger partial charge in [-0.3, -0.25) is 4.79 Å². The number of carbonyl (C=O) groups excluding carboxylic acids is 1. The van der Waals surface area contributed by atoms with Crippen molar-refractivity contribution in [1.82, 2.24) is 4.90 Å². The summed E-state index contributed by atoms with van der Waals surface area (Å²) in [6, 6.07) is 2.39. The Morgan fingerprint density at radius 2 is 2.05 bits per heavy atom. The third kappa shape index (κ3) is 2.87. The third-order valence-corrected chi connectivity index (χ3v) is 4.85. The Labute approximate surface area is 125 Å². The highest BCUT2D eigenvalue weighted by molar-refractivity contribution is 9.10. The summed E-state index contributed by atoms with van der Waals surface area (Å²) in [5.74, 6) is -1.65. The van der Waals surface area contributed by atoms with E-state index in [1.807, 2.05) is 0 Å². The molecule has 0 unspecified atom stereocenters. The summed E-state index contributed by atoms with van der Waals surface area (Å²) < 4.78 is 37.2. The SMILES string of the molecule is CN(C(=O)c1cc(Br)cc(S(N)(=O)=O)c1F)C1CCC1. The maximum absolute atomic E-state index is 14.2. The zero-order valence-corrected chi connectivity index (χ0v) is 13.2. The fourth-order valence-electron chi connectivity index (χ4n) is 2.06. The van der Waals surface area contributed by atoms with Crippen LogP contribution in [-0.2, 0) is 10.0 Å². The van der Waals surface area contributed by atoms with Gasteiger partial charge < -0.3 is 4.90 Å². The number of carbonyl (C=O) groups is 1. The number of sulfonamides is 1. The Hall–Kier alpha value is -0.990. The van der Waals surface area contributed by atoms with Crippen molar-refractivity contribution >= 4 is 31.9 Å². The van der Waals surface area contributed by atoms with E-state index in [-0.39, 0.29) is 16.1 Å². The summed E-state index contributed by atoms with van der Waals surface area (Å²) in [7, 11) is -2.64. The van der Waals surface area contributed by atoms with E-state index in [0.717, 1.165) is 25.3 Å². The lowest BCUT2D eigenvalue weighted by Gasteiger charge is -2.34. The van der Waals surface area contributed by atoms with Crippen molar-refractivity contribution in [2.45, 2.75) is 30.2 Å². The molecule has 1 aliphatic carbocycles. The predicted molar refractivity (Wildman–Crippen MR) is 75.2 cm³/mol. The molecule has 2 rings (SSSR count). The highest BCUT2D eigenvalue weighted by Gasteiger charge is 2.30. The lowest BCUT2D eigenvalue weighted by Crippen LogP contribution is -2.41. The first-order valence-corrected chi connectivity index (χ1v) is 8.34. The minimum Gasteiger partial charge on any atom is -0.339 e. The molecule has 0 aromatic heterocycles. The number of hydrogen-bond donors (Lipinski definition) is 1. The Balaban J connectivity index is 2.46. The Morgan fingerprint density at radius 3 is 2.50 bits per heavy atom. The second kappa shape index (κ2) is 5.42. The van der Waals surface area contributed by atoms with Gasteiger partial charge in [0.1, 0.15) is 4.90 Å². The van der Waals surface area contributed by atoms with E-state index >= 15 is 0 Å². The molecule has 0 radical (unpaired) electrons. The van der Waals surface area contributed by atoms with Crippen LogP contribution in [0.1, 0.15) is 29.6 Å². The average Bonchev–Trinajstić information content (AvgIpc) is 2.27. The largest absolute Gasteiger partial charge is 0.339 e. The van der Waals surface area contributed by atoms with Gasteiger partial charge in [-0.15, -0.1) is 0 Å². The summed E-state index contributed by atoms with van der Waals surface area (Å²) >= 11 is 3.07. The quantitative estimate of drug-likeness (QED) is 0.888.